The van der Waals surface area contributed by atoms with E-state index in [0.29, 0.717) is 32.6 Å². The highest BCUT2D eigenvalue weighted by molar-refractivity contribution is 6.37. The number of benzene rings is 2. The molecule has 44 heavy (non-hydrogen) atoms. The Kier molecular flexibility index (Phi) is 9.67. The number of hydrogen-bond acceptors (Lipinski definition) is 6. The Bertz CT molecular complexity index is 1710. The minimum absolute atomic E-state index is 0.0235. The van der Waals surface area contributed by atoms with Crippen LogP contribution >= 0.6 is 23.2 Å². The summed E-state index contributed by atoms with van der Waals surface area (Å²) in [5.41, 5.74) is 6.56. The Morgan fingerprint density at radius 1 is 0.636 bits per heavy atom. The predicted octanol–water partition coefficient (Wildman–Crippen LogP) is 11.6. The Morgan fingerprint density at radius 3 is 1.66 bits per heavy atom. The van der Waals surface area contributed by atoms with Gasteiger partial charge in [-0.15, -0.1) is 5.11 Å². The topological polar surface area (TPSA) is 83.6 Å². The number of allylic oxidation sites excluding steroid dienone is 10. The highest BCUT2D eigenvalue weighted by Gasteiger charge is 2.34. The minimum atomic E-state index is -0.290. The number of hydrogen-bond donors (Lipinski definition) is 0. The molecular weight excluding hydrogens is 591 g/mol. The molecule has 0 saturated heterocycles. The number of Topliss-reactive ketones (excluding diaryl/α,β-unsaturated/α-hetero) is 2. The lowest BCUT2D eigenvalue weighted by molar-refractivity contribution is -0.114. The molecule has 2 aliphatic carbocycles. The van der Waals surface area contributed by atoms with Crippen LogP contribution in [0.5, 0.6) is 0 Å². The molecule has 0 aliphatic heterocycles. The van der Waals surface area contributed by atoms with Gasteiger partial charge < -0.3 is 0 Å². The summed E-state index contributed by atoms with van der Waals surface area (Å²) in [6.07, 6.45) is 10.6. The summed E-state index contributed by atoms with van der Waals surface area (Å²) in [4.78, 5) is 25.1. The SMILES string of the molecule is CC1=CC(=CN=Nc2cc(Cl)c(-c3ccc(N=NC=C4C=C(C(C)(C)C)C(=O)C(C(C)(C)C)=C4)cc3)cc2Cl)C=C(C)C1=O. The first-order valence-electron chi connectivity index (χ1n) is 14.3. The van der Waals surface area contributed by atoms with E-state index in [1.54, 1.807) is 50.5 Å². The zero-order valence-electron chi connectivity index (χ0n) is 26.3. The quantitative estimate of drug-likeness (QED) is 0.309. The van der Waals surface area contributed by atoms with Crippen molar-refractivity contribution in [2.24, 2.45) is 31.3 Å². The number of carbonyl (C=O) groups excluding carboxylic acids is 2. The van der Waals surface area contributed by atoms with Gasteiger partial charge in [0.25, 0.3) is 0 Å². The van der Waals surface area contributed by atoms with Gasteiger partial charge in [0.2, 0.25) is 0 Å². The molecule has 0 bridgehead atoms. The van der Waals surface area contributed by atoms with Crippen LogP contribution in [0.3, 0.4) is 0 Å². The summed E-state index contributed by atoms with van der Waals surface area (Å²) < 4.78 is 0. The first-order chi connectivity index (χ1) is 20.5. The second kappa shape index (κ2) is 12.9. The van der Waals surface area contributed by atoms with Gasteiger partial charge in [0.15, 0.2) is 11.6 Å². The fourth-order valence-electron chi connectivity index (χ4n) is 4.76. The Labute approximate surface area is 269 Å². The van der Waals surface area contributed by atoms with Crippen molar-refractivity contribution in [1.29, 1.82) is 0 Å². The molecule has 0 radical (unpaired) electrons. The molecule has 0 amide bonds. The van der Waals surface area contributed by atoms with Crippen LogP contribution in [0.2, 0.25) is 10.0 Å². The summed E-state index contributed by atoms with van der Waals surface area (Å²) in [5, 5.41) is 17.9. The molecule has 0 fully saturated rings. The number of halogens is 2. The van der Waals surface area contributed by atoms with Crippen LogP contribution in [0.1, 0.15) is 55.4 Å². The minimum Gasteiger partial charge on any atom is -0.289 e. The van der Waals surface area contributed by atoms with E-state index in [-0.39, 0.29) is 22.4 Å². The van der Waals surface area contributed by atoms with Gasteiger partial charge in [-0.05, 0) is 101 Å². The third kappa shape index (κ3) is 7.74. The van der Waals surface area contributed by atoms with E-state index in [1.807, 2.05) is 78.0 Å². The largest absolute Gasteiger partial charge is 0.289 e. The molecule has 0 atom stereocenters. The molecule has 6 nitrogen and oxygen atoms in total. The van der Waals surface area contributed by atoms with E-state index >= 15 is 0 Å². The van der Waals surface area contributed by atoms with Gasteiger partial charge >= 0.3 is 0 Å². The fourth-order valence-corrected chi connectivity index (χ4v) is 5.23. The molecular formula is C36H36Cl2N4O2. The number of nitrogens with zero attached hydrogens (tertiary/aromatic N) is 4. The second-order valence-corrected chi connectivity index (χ2v) is 13.8. The third-order valence-electron chi connectivity index (χ3n) is 7.18. The normalized spacial score (nSPS) is 16.3. The summed E-state index contributed by atoms with van der Waals surface area (Å²) in [6.45, 7) is 15.8. The van der Waals surface area contributed by atoms with Gasteiger partial charge in [-0.2, -0.15) is 15.3 Å². The highest BCUT2D eigenvalue weighted by Crippen LogP contribution is 2.40. The molecule has 0 spiro atoms. The smallest absolute Gasteiger partial charge is 0.186 e. The van der Waals surface area contributed by atoms with Crippen LogP contribution in [-0.2, 0) is 9.59 Å². The maximum absolute atomic E-state index is 13.1. The van der Waals surface area contributed by atoms with Gasteiger partial charge in [-0.1, -0.05) is 76.9 Å². The molecule has 0 unspecified atom stereocenters. The van der Waals surface area contributed by atoms with Crippen molar-refractivity contribution in [2.75, 3.05) is 0 Å². The van der Waals surface area contributed by atoms with Crippen LogP contribution in [-0.4, -0.2) is 11.6 Å². The lowest BCUT2D eigenvalue weighted by Crippen LogP contribution is -2.27. The molecule has 8 heteroatoms. The van der Waals surface area contributed by atoms with Crippen LogP contribution in [0, 0.1) is 10.8 Å². The molecule has 0 N–H and O–H groups in total. The summed E-state index contributed by atoms with van der Waals surface area (Å²) >= 11 is 13.1. The summed E-state index contributed by atoms with van der Waals surface area (Å²) in [7, 11) is 0. The maximum Gasteiger partial charge on any atom is 0.186 e. The zero-order valence-corrected chi connectivity index (χ0v) is 27.8. The lowest BCUT2D eigenvalue weighted by Gasteiger charge is -2.31. The second-order valence-electron chi connectivity index (χ2n) is 12.9. The number of ketones is 2. The van der Waals surface area contributed by atoms with Crippen molar-refractivity contribution in [3.05, 3.63) is 117 Å². The summed E-state index contributed by atoms with van der Waals surface area (Å²) in [6, 6.07) is 10.9. The number of carbonyl (C=O) groups is 2. The highest BCUT2D eigenvalue weighted by atomic mass is 35.5. The molecule has 2 aliphatic rings. The van der Waals surface area contributed by atoms with E-state index in [0.717, 1.165) is 33.4 Å². The maximum atomic E-state index is 13.1. The van der Waals surface area contributed by atoms with Gasteiger partial charge in [0.1, 0.15) is 5.69 Å². The average molecular weight is 628 g/mol. The zero-order chi connectivity index (χ0) is 32.4. The van der Waals surface area contributed by atoms with Crippen molar-refractivity contribution >= 4 is 46.1 Å². The average Bonchev–Trinajstić information content (AvgIpc) is 2.93. The fraction of sp³-hybridized carbons (Fsp3) is 0.278. The molecule has 0 heterocycles. The number of azo groups is 2. The van der Waals surface area contributed by atoms with Gasteiger partial charge in [-0.3, -0.25) is 9.59 Å². The predicted molar refractivity (Wildman–Crippen MR) is 180 cm³/mol. The van der Waals surface area contributed by atoms with Crippen LogP contribution in [0.15, 0.2) is 127 Å². The molecule has 0 saturated carbocycles. The van der Waals surface area contributed by atoms with E-state index < -0.39 is 0 Å². The summed E-state index contributed by atoms with van der Waals surface area (Å²) in [5.74, 6) is 0.107. The van der Waals surface area contributed by atoms with Crippen molar-refractivity contribution in [3.8, 4) is 11.1 Å². The van der Waals surface area contributed by atoms with Crippen LogP contribution in [0.25, 0.3) is 11.1 Å². The van der Waals surface area contributed by atoms with Crippen molar-refractivity contribution < 1.29 is 9.59 Å². The Balaban J connectivity index is 1.52. The van der Waals surface area contributed by atoms with E-state index in [2.05, 4.69) is 20.5 Å². The number of rotatable bonds is 5. The van der Waals surface area contributed by atoms with E-state index in [4.69, 9.17) is 23.2 Å². The molecule has 0 aromatic heterocycles. The van der Waals surface area contributed by atoms with E-state index in [1.165, 1.54) is 0 Å². The Hall–Kier alpha value is -4.00. The van der Waals surface area contributed by atoms with Crippen molar-refractivity contribution in [3.63, 3.8) is 0 Å². The first-order valence-corrected chi connectivity index (χ1v) is 15.0. The molecule has 4 rings (SSSR count). The van der Waals surface area contributed by atoms with Crippen LogP contribution in [0.4, 0.5) is 11.4 Å². The molecule has 2 aromatic rings. The molecule has 226 valence electrons. The lowest BCUT2D eigenvalue weighted by atomic mass is 9.72. The van der Waals surface area contributed by atoms with Crippen molar-refractivity contribution in [1.82, 2.24) is 0 Å². The van der Waals surface area contributed by atoms with Gasteiger partial charge in [0, 0.05) is 16.7 Å². The van der Waals surface area contributed by atoms with Crippen molar-refractivity contribution in [2.45, 2.75) is 55.4 Å². The first kappa shape index (κ1) is 32.9. The van der Waals surface area contributed by atoms with Gasteiger partial charge in [-0.25, -0.2) is 0 Å². The molecule has 2 aromatic carbocycles. The monoisotopic (exact) mass is 626 g/mol. The standard InChI is InChI=1S/C36H36Cl2N4O2/c1-21-13-23(14-22(2)33(21)43)19-40-42-32-18-30(37)27(17-31(32)38)25-9-11-26(12-10-25)41-39-20-24-15-28(35(3,4)5)34(44)29(16-24)36(6,7)8/h9-20H,1-8H3. The van der Waals surface area contributed by atoms with Crippen LogP contribution < -0.4 is 0 Å². The van der Waals surface area contributed by atoms with E-state index in [9.17, 15) is 9.59 Å². The Morgan fingerprint density at radius 2 is 1.14 bits per heavy atom. The third-order valence-corrected chi connectivity index (χ3v) is 7.79. The van der Waals surface area contributed by atoms with Gasteiger partial charge in [0.05, 0.1) is 28.1 Å².